The van der Waals surface area contributed by atoms with Gasteiger partial charge in [0, 0.05) is 30.3 Å². The van der Waals surface area contributed by atoms with Crippen molar-refractivity contribution in [3.8, 4) is 11.8 Å². The molecular formula is C15H16ClN5S. The van der Waals surface area contributed by atoms with E-state index >= 15 is 0 Å². The summed E-state index contributed by atoms with van der Waals surface area (Å²) in [6, 6.07) is 9.86. The number of nitriles is 1. The van der Waals surface area contributed by atoms with Crippen LogP contribution in [0.3, 0.4) is 0 Å². The van der Waals surface area contributed by atoms with Gasteiger partial charge in [-0.05, 0) is 31.0 Å². The summed E-state index contributed by atoms with van der Waals surface area (Å²) in [4.78, 5) is 2.25. The van der Waals surface area contributed by atoms with Gasteiger partial charge in [0.05, 0.1) is 11.8 Å². The molecule has 1 aromatic carbocycles. The average Bonchev–Trinajstić information content (AvgIpc) is 3.16. The molecule has 0 amide bonds. The zero-order valence-corrected chi connectivity index (χ0v) is 13.6. The predicted octanol–water partition coefficient (Wildman–Crippen LogP) is 3.53. The van der Waals surface area contributed by atoms with Crippen molar-refractivity contribution in [2.24, 2.45) is 0 Å². The maximum Gasteiger partial charge on any atom is 0.232 e. The number of halogens is 1. The van der Waals surface area contributed by atoms with Gasteiger partial charge in [0.25, 0.3) is 0 Å². The van der Waals surface area contributed by atoms with E-state index in [1.807, 2.05) is 28.8 Å². The molecule has 0 atom stereocenters. The summed E-state index contributed by atoms with van der Waals surface area (Å²) in [7, 11) is 0. The Morgan fingerprint density at radius 2 is 2.09 bits per heavy atom. The minimum absolute atomic E-state index is 0.492. The number of benzene rings is 1. The van der Waals surface area contributed by atoms with Crippen LogP contribution in [0.4, 0.5) is 5.95 Å². The van der Waals surface area contributed by atoms with Gasteiger partial charge in [-0.2, -0.15) is 5.26 Å². The second kappa shape index (κ2) is 7.03. The molecule has 1 saturated heterocycles. The lowest BCUT2D eigenvalue weighted by atomic mass is 10.3. The molecule has 22 heavy (non-hydrogen) atoms. The highest BCUT2D eigenvalue weighted by atomic mass is 35.5. The molecule has 5 nitrogen and oxygen atoms in total. The fourth-order valence-corrected chi connectivity index (χ4v) is 3.48. The zero-order chi connectivity index (χ0) is 15.4. The molecule has 1 fully saturated rings. The van der Waals surface area contributed by atoms with Crippen LogP contribution in [0.2, 0.25) is 5.02 Å². The predicted molar refractivity (Wildman–Crippen MR) is 88.8 cm³/mol. The van der Waals surface area contributed by atoms with Crippen molar-refractivity contribution in [1.82, 2.24) is 14.8 Å². The second-order valence-corrected chi connectivity index (χ2v) is 6.55. The fraction of sp³-hybridized carbons (Fsp3) is 0.400. The number of anilines is 1. The molecule has 114 valence electrons. The standard InChI is InChI=1S/C15H16ClN5S/c16-12-5-3-6-13(11-12)21-14(20-8-1-2-9-20)18-19-15(21)22-10-4-7-17/h3,5-6,11H,1-2,4,8-10H2. The molecule has 0 saturated carbocycles. The normalized spacial score (nSPS) is 14.3. The number of nitrogens with zero attached hydrogens (tertiary/aromatic N) is 5. The highest BCUT2D eigenvalue weighted by Crippen LogP contribution is 2.29. The minimum atomic E-state index is 0.492. The van der Waals surface area contributed by atoms with Crippen LogP contribution in [0.25, 0.3) is 5.69 Å². The van der Waals surface area contributed by atoms with Gasteiger partial charge in [-0.25, -0.2) is 0 Å². The van der Waals surface area contributed by atoms with Crippen molar-refractivity contribution < 1.29 is 0 Å². The molecule has 1 aliphatic rings. The Morgan fingerprint density at radius 3 is 2.82 bits per heavy atom. The number of hydrogen-bond donors (Lipinski definition) is 0. The van der Waals surface area contributed by atoms with E-state index in [-0.39, 0.29) is 0 Å². The van der Waals surface area contributed by atoms with Gasteiger partial charge >= 0.3 is 0 Å². The number of rotatable bonds is 5. The lowest BCUT2D eigenvalue weighted by Gasteiger charge is -2.18. The third kappa shape index (κ3) is 3.21. The van der Waals surface area contributed by atoms with Gasteiger partial charge in [-0.15, -0.1) is 10.2 Å². The second-order valence-electron chi connectivity index (χ2n) is 5.05. The third-order valence-corrected chi connectivity index (χ3v) is 4.68. The monoisotopic (exact) mass is 333 g/mol. The van der Waals surface area contributed by atoms with E-state index in [1.165, 1.54) is 12.8 Å². The first kappa shape index (κ1) is 15.2. The van der Waals surface area contributed by atoms with E-state index in [0.717, 1.165) is 29.9 Å². The summed E-state index contributed by atoms with van der Waals surface area (Å²) in [5.41, 5.74) is 0.957. The Kier molecular flexibility index (Phi) is 4.86. The van der Waals surface area contributed by atoms with Gasteiger partial charge < -0.3 is 4.90 Å². The quantitative estimate of drug-likeness (QED) is 0.619. The summed E-state index contributed by atoms with van der Waals surface area (Å²) < 4.78 is 2.04. The van der Waals surface area contributed by atoms with Gasteiger partial charge in [0.1, 0.15) is 0 Å². The molecule has 3 rings (SSSR count). The van der Waals surface area contributed by atoms with E-state index in [4.69, 9.17) is 16.9 Å². The molecule has 2 aromatic rings. The fourth-order valence-electron chi connectivity index (χ4n) is 2.51. The highest BCUT2D eigenvalue weighted by molar-refractivity contribution is 7.99. The van der Waals surface area contributed by atoms with Crippen LogP contribution in [0.15, 0.2) is 29.4 Å². The average molecular weight is 334 g/mol. The Balaban J connectivity index is 1.98. The Hall–Kier alpha value is -1.71. The minimum Gasteiger partial charge on any atom is -0.341 e. The largest absolute Gasteiger partial charge is 0.341 e. The molecule has 7 heteroatoms. The van der Waals surface area contributed by atoms with Crippen LogP contribution in [0, 0.1) is 11.3 Å². The summed E-state index contributed by atoms with van der Waals surface area (Å²) in [6.45, 7) is 2.00. The Bertz CT molecular complexity index is 687. The summed E-state index contributed by atoms with van der Waals surface area (Å²) in [5, 5.41) is 18.9. The van der Waals surface area contributed by atoms with Crippen LogP contribution in [-0.2, 0) is 0 Å². The van der Waals surface area contributed by atoms with Crippen molar-refractivity contribution in [2.45, 2.75) is 24.4 Å². The van der Waals surface area contributed by atoms with Crippen molar-refractivity contribution in [1.29, 1.82) is 5.26 Å². The first-order valence-electron chi connectivity index (χ1n) is 7.25. The molecule has 0 spiro atoms. The maximum atomic E-state index is 8.71. The molecule has 1 aromatic heterocycles. The van der Waals surface area contributed by atoms with E-state index < -0.39 is 0 Å². The van der Waals surface area contributed by atoms with E-state index in [2.05, 4.69) is 21.2 Å². The molecule has 0 bridgehead atoms. The van der Waals surface area contributed by atoms with Crippen molar-refractivity contribution >= 4 is 29.3 Å². The Morgan fingerprint density at radius 1 is 1.27 bits per heavy atom. The Labute approximate surface area is 138 Å². The summed E-state index contributed by atoms with van der Waals surface area (Å²) in [6.07, 6.45) is 2.85. The summed E-state index contributed by atoms with van der Waals surface area (Å²) in [5.74, 6) is 1.56. The van der Waals surface area contributed by atoms with Crippen LogP contribution in [0.1, 0.15) is 19.3 Å². The SMILES string of the molecule is N#CCCSc1nnc(N2CCCC2)n1-c1cccc(Cl)c1. The maximum absolute atomic E-state index is 8.71. The zero-order valence-electron chi connectivity index (χ0n) is 12.1. The molecule has 2 heterocycles. The van der Waals surface area contributed by atoms with Crippen LogP contribution in [0.5, 0.6) is 0 Å². The van der Waals surface area contributed by atoms with Crippen LogP contribution in [-0.4, -0.2) is 33.6 Å². The van der Waals surface area contributed by atoms with Crippen molar-refractivity contribution in [3.05, 3.63) is 29.3 Å². The molecule has 0 N–H and O–H groups in total. The molecule has 0 radical (unpaired) electrons. The molecule has 0 aliphatic carbocycles. The van der Waals surface area contributed by atoms with E-state index in [9.17, 15) is 0 Å². The van der Waals surface area contributed by atoms with Gasteiger partial charge in [0.15, 0.2) is 5.16 Å². The first-order valence-corrected chi connectivity index (χ1v) is 8.62. The van der Waals surface area contributed by atoms with E-state index in [0.29, 0.717) is 17.2 Å². The highest BCUT2D eigenvalue weighted by Gasteiger charge is 2.22. The van der Waals surface area contributed by atoms with Gasteiger partial charge in [-0.1, -0.05) is 29.4 Å². The molecule has 0 unspecified atom stereocenters. The first-order chi connectivity index (χ1) is 10.8. The number of aromatic nitrogens is 3. The van der Waals surface area contributed by atoms with Crippen LogP contribution >= 0.6 is 23.4 Å². The van der Waals surface area contributed by atoms with Crippen molar-refractivity contribution in [2.75, 3.05) is 23.7 Å². The molecular weight excluding hydrogens is 318 g/mol. The van der Waals surface area contributed by atoms with Crippen molar-refractivity contribution in [3.63, 3.8) is 0 Å². The van der Waals surface area contributed by atoms with Gasteiger partial charge in [0.2, 0.25) is 5.95 Å². The lowest BCUT2D eigenvalue weighted by Crippen LogP contribution is -2.22. The van der Waals surface area contributed by atoms with Crippen LogP contribution < -0.4 is 4.90 Å². The van der Waals surface area contributed by atoms with Gasteiger partial charge in [-0.3, -0.25) is 4.57 Å². The topological polar surface area (TPSA) is 57.7 Å². The molecule has 1 aliphatic heterocycles. The lowest BCUT2D eigenvalue weighted by molar-refractivity contribution is 0.841. The van der Waals surface area contributed by atoms with E-state index in [1.54, 1.807) is 11.8 Å². The number of thioether (sulfide) groups is 1. The summed E-state index contributed by atoms with van der Waals surface area (Å²) >= 11 is 7.68. The number of hydrogen-bond acceptors (Lipinski definition) is 5. The third-order valence-electron chi connectivity index (χ3n) is 3.52. The smallest absolute Gasteiger partial charge is 0.232 e.